The van der Waals surface area contributed by atoms with Crippen LogP contribution in [0.3, 0.4) is 0 Å². The highest BCUT2D eigenvalue weighted by atomic mass is 16.5. The molecule has 1 aromatic carbocycles. The zero-order valence-electron chi connectivity index (χ0n) is 11.2. The summed E-state index contributed by atoms with van der Waals surface area (Å²) in [5.41, 5.74) is 4.08. The van der Waals surface area contributed by atoms with E-state index in [9.17, 15) is 5.11 Å². The molecule has 17 heavy (non-hydrogen) atoms. The van der Waals surface area contributed by atoms with Crippen LogP contribution in [0.4, 0.5) is 0 Å². The highest BCUT2D eigenvalue weighted by Crippen LogP contribution is 2.40. The normalized spacial score (nSPS) is 23.1. The van der Waals surface area contributed by atoms with Gasteiger partial charge < -0.3 is 15.2 Å². The lowest BCUT2D eigenvalue weighted by molar-refractivity contribution is 0.152. The fourth-order valence-corrected chi connectivity index (χ4v) is 2.56. The lowest BCUT2D eigenvalue weighted by Crippen LogP contribution is -2.44. The van der Waals surface area contributed by atoms with E-state index in [1.807, 2.05) is 27.8 Å². The summed E-state index contributed by atoms with van der Waals surface area (Å²) in [5, 5.41) is 13.4. The average Bonchev–Trinajstić information content (AvgIpc) is 2.33. The largest absolute Gasteiger partial charge is 0.507 e. The van der Waals surface area contributed by atoms with Gasteiger partial charge in [0.2, 0.25) is 0 Å². The Balaban J connectivity index is 2.58. The molecule has 2 atom stereocenters. The van der Waals surface area contributed by atoms with Crippen LogP contribution in [0.2, 0.25) is 0 Å². The van der Waals surface area contributed by atoms with Crippen molar-refractivity contribution in [1.82, 2.24) is 5.32 Å². The average molecular weight is 235 g/mol. The topological polar surface area (TPSA) is 41.5 Å². The van der Waals surface area contributed by atoms with Crippen molar-refractivity contribution < 1.29 is 9.84 Å². The number of phenols is 1. The van der Waals surface area contributed by atoms with Crippen LogP contribution in [-0.2, 0) is 6.42 Å². The first-order valence-electron chi connectivity index (χ1n) is 6.12. The van der Waals surface area contributed by atoms with Crippen LogP contribution in [0.5, 0.6) is 11.5 Å². The molecule has 2 N–H and O–H groups in total. The molecular formula is C14H21NO2. The molecule has 2 rings (SSSR count). The van der Waals surface area contributed by atoms with Gasteiger partial charge >= 0.3 is 0 Å². The third-order valence-electron chi connectivity index (χ3n) is 4.01. The van der Waals surface area contributed by atoms with Crippen molar-refractivity contribution >= 4 is 0 Å². The summed E-state index contributed by atoms with van der Waals surface area (Å²) in [6.07, 6.45) is 1.07. The summed E-state index contributed by atoms with van der Waals surface area (Å²) < 4.78 is 6.01. The summed E-state index contributed by atoms with van der Waals surface area (Å²) >= 11 is 0. The van der Waals surface area contributed by atoms with E-state index >= 15 is 0 Å². The molecule has 0 aliphatic carbocycles. The van der Waals surface area contributed by atoms with Gasteiger partial charge in [0.15, 0.2) is 0 Å². The minimum Gasteiger partial charge on any atom is -0.507 e. The van der Waals surface area contributed by atoms with Gasteiger partial charge in [-0.25, -0.2) is 0 Å². The molecule has 0 bridgehead atoms. The molecule has 94 valence electrons. The molecule has 1 aliphatic rings. The van der Waals surface area contributed by atoms with Gasteiger partial charge in [0.05, 0.1) is 0 Å². The van der Waals surface area contributed by atoms with Crippen molar-refractivity contribution in [2.45, 2.75) is 46.3 Å². The Morgan fingerprint density at radius 2 is 1.82 bits per heavy atom. The number of ether oxygens (including phenoxy) is 1. The van der Waals surface area contributed by atoms with E-state index in [2.05, 4.69) is 12.2 Å². The molecule has 0 aromatic heterocycles. The maximum absolute atomic E-state index is 10.1. The molecule has 0 fully saturated rings. The monoisotopic (exact) mass is 235 g/mol. The maximum Gasteiger partial charge on any atom is 0.126 e. The molecule has 1 heterocycles. The number of hydrogen-bond acceptors (Lipinski definition) is 3. The first kappa shape index (κ1) is 12.2. The second kappa shape index (κ2) is 4.22. The molecule has 0 radical (unpaired) electrons. The van der Waals surface area contributed by atoms with E-state index in [4.69, 9.17) is 4.74 Å². The van der Waals surface area contributed by atoms with Crippen LogP contribution < -0.4 is 10.1 Å². The molecule has 1 aliphatic heterocycles. The zero-order chi connectivity index (χ0) is 12.7. The summed E-state index contributed by atoms with van der Waals surface area (Å²) in [6.45, 7) is 8.00. The Kier molecular flexibility index (Phi) is 3.04. The van der Waals surface area contributed by atoms with Gasteiger partial charge in [0.25, 0.3) is 0 Å². The van der Waals surface area contributed by atoms with Crippen molar-refractivity contribution in [3.63, 3.8) is 0 Å². The first-order chi connectivity index (χ1) is 7.97. The van der Waals surface area contributed by atoms with Crippen molar-refractivity contribution in [3.05, 3.63) is 22.3 Å². The Morgan fingerprint density at radius 1 is 1.18 bits per heavy atom. The van der Waals surface area contributed by atoms with Crippen LogP contribution >= 0.6 is 0 Å². The van der Waals surface area contributed by atoms with Crippen LogP contribution in [0.1, 0.15) is 29.2 Å². The number of phenolic OH excluding ortho intramolecular Hbond substituents is 1. The summed E-state index contributed by atoms with van der Waals surface area (Å²) in [6, 6.07) is 0.308. The van der Waals surface area contributed by atoms with Gasteiger partial charge in [-0.15, -0.1) is 0 Å². The van der Waals surface area contributed by atoms with Crippen molar-refractivity contribution in [3.8, 4) is 11.5 Å². The minimum absolute atomic E-state index is 0.162. The van der Waals surface area contributed by atoms with E-state index < -0.39 is 0 Å². The number of rotatable bonds is 1. The number of nitrogens with one attached hydrogen (secondary N) is 1. The SMILES string of the molecule is CNC1Cc2c(C)c(O)c(C)c(C)c2OC1C. The molecule has 0 amide bonds. The molecule has 0 saturated carbocycles. The predicted octanol–water partition coefficient (Wildman–Crippen LogP) is 2.23. The second-order valence-electron chi connectivity index (χ2n) is 4.95. The quantitative estimate of drug-likeness (QED) is 0.784. The number of fused-ring (bicyclic) bond motifs is 1. The Bertz CT molecular complexity index is 454. The standard InChI is InChI=1S/C14H21NO2/c1-7-8(2)14-11(9(3)13(7)16)6-12(15-5)10(4)17-14/h10,12,15-16H,6H2,1-5H3. The number of likely N-dealkylation sites (N-methyl/N-ethyl adjacent to an activating group) is 1. The van der Waals surface area contributed by atoms with Crippen molar-refractivity contribution in [1.29, 1.82) is 0 Å². The van der Waals surface area contributed by atoms with E-state index in [1.165, 1.54) is 0 Å². The van der Waals surface area contributed by atoms with Gasteiger partial charge in [-0.1, -0.05) is 0 Å². The molecule has 1 aromatic rings. The minimum atomic E-state index is 0.162. The molecule has 3 heteroatoms. The molecule has 0 spiro atoms. The molecular weight excluding hydrogens is 214 g/mol. The van der Waals surface area contributed by atoms with Crippen LogP contribution in [0, 0.1) is 20.8 Å². The van der Waals surface area contributed by atoms with Crippen LogP contribution in [0.15, 0.2) is 0 Å². The van der Waals surface area contributed by atoms with E-state index in [-0.39, 0.29) is 6.10 Å². The smallest absolute Gasteiger partial charge is 0.126 e. The van der Waals surface area contributed by atoms with E-state index in [0.717, 1.165) is 34.4 Å². The summed E-state index contributed by atoms with van der Waals surface area (Å²) in [4.78, 5) is 0. The van der Waals surface area contributed by atoms with Gasteiger partial charge in [0.1, 0.15) is 17.6 Å². The van der Waals surface area contributed by atoms with Gasteiger partial charge in [0, 0.05) is 11.6 Å². The molecule has 3 nitrogen and oxygen atoms in total. The fourth-order valence-electron chi connectivity index (χ4n) is 2.56. The number of aromatic hydroxyl groups is 1. The van der Waals surface area contributed by atoms with E-state index in [1.54, 1.807) is 0 Å². The van der Waals surface area contributed by atoms with Crippen molar-refractivity contribution in [2.24, 2.45) is 0 Å². The summed E-state index contributed by atoms with van der Waals surface area (Å²) in [7, 11) is 1.95. The molecule has 2 unspecified atom stereocenters. The third-order valence-corrected chi connectivity index (χ3v) is 4.01. The third kappa shape index (κ3) is 1.78. The highest BCUT2D eigenvalue weighted by Gasteiger charge is 2.29. The van der Waals surface area contributed by atoms with Crippen LogP contribution in [-0.4, -0.2) is 24.3 Å². The van der Waals surface area contributed by atoms with Gasteiger partial charge in [-0.2, -0.15) is 0 Å². The first-order valence-corrected chi connectivity index (χ1v) is 6.12. The Labute approximate surface area is 103 Å². The molecule has 0 saturated heterocycles. The highest BCUT2D eigenvalue weighted by molar-refractivity contribution is 5.58. The zero-order valence-corrected chi connectivity index (χ0v) is 11.2. The lowest BCUT2D eigenvalue weighted by Gasteiger charge is -2.34. The number of benzene rings is 1. The predicted molar refractivity (Wildman–Crippen MR) is 69.0 cm³/mol. The van der Waals surface area contributed by atoms with Crippen LogP contribution in [0.25, 0.3) is 0 Å². The number of hydrogen-bond donors (Lipinski definition) is 2. The second-order valence-corrected chi connectivity index (χ2v) is 4.95. The Morgan fingerprint density at radius 3 is 2.41 bits per heavy atom. The summed E-state index contributed by atoms with van der Waals surface area (Å²) in [5.74, 6) is 1.38. The van der Waals surface area contributed by atoms with Gasteiger partial charge in [-0.05, 0) is 57.9 Å². The lowest BCUT2D eigenvalue weighted by atomic mass is 9.89. The van der Waals surface area contributed by atoms with Crippen molar-refractivity contribution in [2.75, 3.05) is 7.05 Å². The Hall–Kier alpha value is -1.22. The maximum atomic E-state index is 10.1. The fraction of sp³-hybridized carbons (Fsp3) is 0.571. The van der Waals surface area contributed by atoms with Gasteiger partial charge in [-0.3, -0.25) is 0 Å². The van der Waals surface area contributed by atoms with E-state index in [0.29, 0.717) is 11.8 Å².